The van der Waals surface area contributed by atoms with Crippen LogP contribution in [0.25, 0.3) is 0 Å². The Labute approximate surface area is 118 Å². The summed E-state index contributed by atoms with van der Waals surface area (Å²) < 4.78 is 0. The molecule has 0 aromatic rings. The molecule has 0 aliphatic heterocycles. The highest BCUT2D eigenvalue weighted by Crippen LogP contribution is 2.30. The number of nitrogens with two attached hydrogens (primary N) is 1. The van der Waals surface area contributed by atoms with E-state index in [1.54, 1.807) is 0 Å². The molecule has 3 heteroatoms. The minimum absolute atomic E-state index is 0.00900. The summed E-state index contributed by atoms with van der Waals surface area (Å²) in [5.74, 6) is 2.35. The molecule has 1 rings (SSSR count). The highest BCUT2D eigenvalue weighted by atomic mass is 16.1. The number of hydrogen-bond donors (Lipinski definition) is 2. The molecule has 112 valence electrons. The predicted octanol–water partition coefficient (Wildman–Crippen LogP) is 2.94. The third-order valence-electron chi connectivity index (χ3n) is 4.31. The number of rotatable bonds is 7. The number of carbonyl (C=O) groups is 1. The van der Waals surface area contributed by atoms with Crippen LogP contribution in [0.2, 0.25) is 0 Å². The first-order chi connectivity index (χ1) is 9.02. The second-order valence-corrected chi connectivity index (χ2v) is 6.78. The molecule has 3 unspecified atom stereocenters. The second kappa shape index (κ2) is 8.57. The van der Waals surface area contributed by atoms with Crippen molar-refractivity contribution in [1.29, 1.82) is 0 Å². The number of amides is 1. The minimum Gasteiger partial charge on any atom is -0.356 e. The van der Waals surface area contributed by atoms with E-state index in [0.29, 0.717) is 12.5 Å². The van der Waals surface area contributed by atoms with Crippen molar-refractivity contribution in [3.63, 3.8) is 0 Å². The van der Waals surface area contributed by atoms with Crippen LogP contribution >= 0.6 is 0 Å². The topological polar surface area (TPSA) is 55.1 Å². The van der Waals surface area contributed by atoms with Crippen molar-refractivity contribution in [2.24, 2.45) is 29.4 Å². The molecule has 0 spiro atoms. The molecule has 0 aromatic heterocycles. The molecule has 3 nitrogen and oxygen atoms in total. The molecule has 19 heavy (non-hydrogen) atoms. The van der Waals surface area contributed by atoms with Gasteiger partial charge >= 0.3 is 0 Å². The summed E-state index contributed by atoms with van der Waals surface area (Å²) in [6.07, 6.45) is 7.44. The SMILES string of the molecule is CC(C)CC(CN)C(=O)NCCC1CCCC(C)C1. The summed E-state index contributed by atoms with van der Waals surface area (Å²) in [5, 5.41) is 3.08. The van der Waals surface area contributed by atoms with E-state index in [4.69, 9.17) is 5.73 Å². The molecular formula is C16H32N2O. The Morgan fingerprint density at radius 3 is 2.68 bits per heavy atom. The van der Waals surface area contributed by atoms with Crippen LogP contribution in [0.1, 0.15) is 59.3 Å². The third-order valence-corrected chi connectivity index (χ3v) is 4.31. The van der Waals surface area contributed by atoms with Crippen molar-refractivity contribution in [3.8, 4) is 0 Å². The average Bonchev–Trinajstić information content (AvgIpc) is 2.35. The maximum absolute atomic E-state index is 12.0. The lowest BCUT2D eigenvalue weighted by molar-refractivity contribution is -0.125. The lowest BCUT2D eigenvalue weighted by Gasteiger charge is -2.27. The molecule has 1 aliphatic rings. The smallest absolute Gasteiger partial charge is 0.224 e. The van der Waals surface area contributed by atoms with Crippen LogP contribution in [-0.2, 0) is 4.79 Å². The Kier molecular flexibility index (Phi) is 7.44. The maximum Gasteiger partial charge on any atom is 0.224 e. The van der Waals surface area contributed by atoms with Gasteiger partial charge in [0.2, 0.25) is 5.91 Å². The van der Waals surface area contributed by atoms with Crippen molar-refractivity contribution in [2.75, 3.05) is 13.1 Å². The van der Waals surface area contributed by atoms with Crippen molar-refractivity contribution < 1.29 is 4.79 Å². The van der Waals surface area contributed by atoms with Gasteiger partial charge in [0.05, 0.1) is 5.92 Å². The van der Waals surface area contributed by atoms with Gasteiger partial charge in [0.1, 0.15) is 0 Å². The Morgan fingerprint density at radius 2 is 2.11 bits per heavy atom. The first-order valence-corrected chi connectivity index (χ1v) is 8.00. The van der Waals surface area contributed by atoms with E-state index in [-0.39, 0.29) is 11.8 Å². The van der Waals surface area contributed by atoms with Gasteiger partial charge in [-0.25, -0.2) is 0 Å². The van der Waals surface area contributed by atoms with Gasteiger partial charge in [-0.15, -0.1) is 0 Å². The fourth-order valence-electron chi connectivity index (χ4n) is 3.25. The molecular weight excluding hydrogens is 236 g/mol. The van der Waals surface area contributed by atoms with Crippen LogP contribution in [0.3, 0.4) is 0 Å². The van der Waals surface area contributed by atoms with Crippen LogP contribution in [0.5, 0.6) is 0 Å². The van der Waals surface area contributed by atoms with Crippen molar-refractivity contribution in [2.45, 2.75) is 59.3 Å². The monoisotopic (exact) mass is 268 g/mol. The largest absolute Gasteiger partial charge is 0.356 e. The molecule has 0 radical (unpaired) electrons. The molecule has 1 fully saturated rings. The Balaban J connectivity index is 2.21. The highest BCUT2D eigenvalue weighted by molar-refractivity contribution is 5.78. The number of hydrogen-bond acceptors (Lipinski definition) is 2. The Morgan fingerprint density at radius 1 is 1.37 bits per heavy atom. The lowest BCUT2D eigenvalue weighted by Crippen LogP contribution is -2.37. The van der Waals surface area contributed by atoms with Gasteiger partial charge in [-0.2, -0.15) is 0 Å². The quantitative estimate of drug-likeness (QED) is 0.746. The molecule has 0 aromatic carbocycles. The van der Waals surface area contributed by atoms with Gasteiger partial charge in [0.25, 0.3) is 0 Å². The zero-order valence-electron chi connectivity index (χ0n) is 13.0. The number of nitrogens with one attached hydrogen (secondary N) is 1. The van der Waals surface area contributed by atoms with E-state index in [1.165, 1.54) is 25.7 Å². The van der Waals surface area contributed by atoms with Gasteiger partial charge in [-0.05, 0) is 37.0 Å². The predicted molar refractivity (Wildman–Crippen MR) is 80.7 cm³/mol. The van der Waals surface area contributed by atoms with Gasteiger partial charge in [0.15, 0.2) is 0 Å². The minimum atomic E-state index is -0.00900. The summed E-state index contributed by atoms with van der Waals surface area (Å²) in [4.78, 5) is 12.0. The van der Waals surface area contributed by atoms with Gasteiger partial charge in [-0.1, -0.05) is 40.0 Å². The summed E-state index contributed by atoms with van der Waals surface area (Å²) in [5.41, 5.74) is 5.69. The molecule has 3 atom stereocenters. The van der Waals surface area contributed by atoms with E-state index in [1.807, 2.05) is 0 Å². The Bertz CT molecular complexity index is 265. The maximum atomic E-state index is 12.0. The normalized spacial score (nSPS) is 25.3. The molecule has 0 saturated heterocycles. The lowest BCUT2D eigenvalue weighted by atomic mass is 9.81. The van der Waals surface area contributed by atoms with Crippen LogP contribution in [0.4, 0.5) is 0 Å². The third kappa shape index (κ3) is 6.42. The molecule has 0 heterocycles. The van der Waals surface area contributed by atoms with Crippen LogP contribution in [0, 0.1) is 23.7 Å². The second-order valence-electron chi connectivity index (χ2n) is 6.78. The molecule has 1 aliphatic carbocycles. The molecule has 1 saturated carbocycles. The first-order valence-electron chi connectivity index (χ1n) is 8.00. The van der Waals surface area contributed by atoms with Gasteiger partial charge < -0.3 is 11.1 Å². The van der Waals surface area contributed by atoms with Crippen LogP contribution in [0.15, 0.2) is 0 Å². The summed E-state index contributed by atoms with van der Waals surface area (Å²) >= 11 is 0. The van der Waals surface area contributed by atoms with E-state index in [0.717, 1.165) is 31.2 Å². The molecule has 1 amide bonds. The average molecular weight is 268 g/mol. The van der Waals surface area contributed by atoms with Gasteiger partial charge in [0, 0.05) is 13.1 Å². The summed E-state index contributed by atoms with van der Waals surface area (Å²) in [6.45, 7) is 7.91. The van der Waals surface area contributed by atoms with E-state index in [9.17, 15) is 4.79 Å². The highest BCUT2D eigenvalue weighted by Gasteiger charge is 2.20. The van der Waals surface area contributed by atoms with Crippen molar-refractivity contribution in [3.05, 3.63) is 0 Å². The fourth-order valence-corrected chi connectivity index (χ4v) is 3.25. The van der Waals surface area contributed by atoms with Crippen molar-refractivity contribution >= 4 is 5.91 Å². The van der Waals surface area contributed by atoms with E-state index in [2.05, 4.69) is 26.1 Å². The van der Waals surface area contributed by atoms with Crippen LogP contribution < -0.4 is 11.1 Å². The van der Waals surface area contributed by atoms with E-state index < -0.39 is 0 Å². The number of carbonyl (C=O) groups excluding carboxylic acids is 1. The van der Waals surface area contributed by atoms with E-state index >= 15 is 0 Å². The molecule has 0 bridgehead atoms. The summed E-state index contributed by atoms with van der Waals surface area (Å²) in [7, 11) is 0. The zero-order chi connectivity index (χ0) is 14.3. The van der Waals surface area contributed by atoms with Crippen LogP contribution in [-0.4, -0.2) is 19.0 Å². The fraction of sp³-hybridized carbons (Fsp3) is 0.938. The first kappa shape index (κ1) is 16.5. The van der Waals surface area contributed by atoms with Crippen molar-refractivity contribution in [1.82, 2.24) is 5.32 Å². The zero-order valence-corrected chi connectivity index (χ0v) is 13.0. The van der Waals surface area contributed by atoms with Gasteiger partial charge in [-0.3, -0.25) is 4.79 Å². The molecule has 3 N–H and O–H groups in total. The summed E-state index contributed by atoms with van der Waals surface area (Å²) in [6, 6.07) is 0. The Hall–Kier alpha value is -0.570. The standard InChI is InChI=1S/C16H32N2O/c1-12(2)9-15(11-17)16(19)18-8-7-14-6-4-5-13(3)10-14/h12-15H,4-11,17H2,1-3H3,(H,18,19).